The number of hydrogen-bond acceptors (Lipinski definition) is 2. The van der Waals surface area contributed by atoms with Crippen LogP contribution in [0, 0.1) is 0 Å². The molecule has 1 heterocycles. The first-order valence-electron chi connectivity index (χ1n) is 4.76. The Morgan fingerprint density at radius 3 is 2.80 bits per heavy atom. The van der Waals surface area contributed by atoms with E-state index in [9.17, 15) is 0 Å². The summed E-state index contributed by atoms with van der Waals surface area (Å²) in [5.74, 6) is 0.751. The van der Waals surface area contributed by atoms with Crippen molar-refractivity contribution in [1.82, 2.24) is 9.55 Å². The molecule has 0 atom stereocenters. The van der Waals surface area contributed by atoms with Crippen LogP contribution < -0.4 is 0 Å². The van der Waals surface area contributed by atoms with E-state index >= 15 is 0 Å². The maximum Gasteiger partial charge on any atom is 0.135 e. The van der Waals surface area contributed by atoms with Crippen LogP contribution in [0.5, 0.6) is 0 Å². The van der Waals surface area contributed by atoms with Gasteiger partial charge in [-0.25, -0.2) is 4.98 Å². The second-order valence-electron chi connectivity index (χ2n) is 3.21. The monoisotopic (exact) mass is 200 g/mol. The SMILES string of the molecule is OC=Cc1nccn1Cc1ccccc1. The molecule has 76 valence electrons. The van der Waals surface area contributed by atoms with Crippen molar-refractivity contribution in [3.8, 4) is 0 Å². The standard InChI is InChI=1S/C12H12N2O/c15-9-6-12-13-7-8-14(12)10-11-4-2-1-3-5-11/h1-9,15H,10H2. The van der Waals surface area contributed by atoms with Crippen LogP contribution in [0.15, 0.2) is 49.0 Å². The second-order valence-corrected chi connectivity index (χ2v) is 3.21. The third kappa shape index (κ3) is 2.26. The first kappa shape index (κ1) is 9.52. The molecule has 3 heteroatoms. The highest BCUT2D eigenvalue weighted by Gasteiger charge is 1.99. The van der Waals surface area contributed by atoms with Crippen LogP contribution in [-0.2, 0) is 6.54 Å². The molecule has 0 fully saturated rings. The van der Waals surface area contributed by atoms with E-state index in [1.807, 2.05) is 29.0 Å². The third-order valence-electron chi connectivity index (χ3n) is 2.17. The highest BCUT2D eigenvalue weighted by molar-refractivity contribution is 5.38. The van der Waals surface area contributed by atoms with Gasteiger partial charge in [-0.05, 0) is 5.56 Å². The van der Waals surface area contributed by atoms with E-state index in [4.69, 9.17) is 5.11 Å². The molecule has 0 aliphatic rings. The minimum Gasteiger partial charge on any atom is -0.515 e. The fraction of sp³-hybridized carbons (Fsp3) is 0.0833. The first-order valence-corrected chi connectivity index (χ1v) is 4.76. The minimum absolute atomic E-state index is 0.751. The highest BCUT2D eigenvalue weighted by atomic mass is 16.2. The highest BCUT2D eigenvalue weighted by Crippen LogP contribution is 2.06. The lowest BCUT2D eigenvalue weighted by atomic mass is 10.2. The van der Waals surface area contributed by atoms with Crippen LogP contribution in [0.4, 0.5) is 0 Å². The van der Waals surface area contributed by atoms with Gasteiger partial charge in [0.2, 0.25) is 0 Å². The van der Waals surface area contributed by atoms with E-state index in [-0.39, 0.29) is 0 Å². The van der Waals surface area contributed by atoms with E-state index in [1.165, 1.54) is 5.56 Å². The molecule has 2 aromatic rings. The summed E-state index contributed by atoms with van der Waals surface area (Å²) in [6, 6.07) is 10.1. The molecular formula is C12H12N2O. The predicted molar refractivity (Wildman–Crippen MR) is 59.4 cm³/mol. The van der Waals surface area contributed by atoms with Crippen LogP contribution in [0.25, 0.3) is 6.08 Å². The molecule has 0 aliphatic heterocycles. The summed E-state index contributed by atoms with van der Waals surface area (Å²) in [4.78, 5) is 4.12. The molecular weight excluding hydrogens is 188 g/mol. The fourth-order valence-corrected chi connectivity index (χ4v) is 1.46. The van der Waals surface area contributed by atoms with Crippen molar-refractivity contribution in [2.24, 2.45) is 0 Å². The molecule has 0 saturated heterocycles. The second kappa shape index (κ2) is 4.46. The number of aromatic nitrogens is 2. The van der Waals surface area contributed by atoms with Crippen molar-refractivity contribution in [1.29, 1.82) is 0 Å². The number of aliphatic hydroxyl groups is 1. The van der Waals surface area contributed by atoms with Crippen LogP contribution in [0.1, 0.15) is 11.4 Å². The molecule has 3 nitrogen and oxygen atoms in total. The van der Waals surface area contributed by atoms with E-state index < -0.39 is 0 Å². The molecule has 1 N–H and O–H groups in total. The number of imidazole rings is 1. The van der Waals surface area contributed by atoms with Crippen LogP contribution in [0.3, 0.4) is 0 Å². The Morgan fingerprint density at radius 1 is 1.27 bits per heavy atom. The van der Waals surface area contributed by atoms with Crippen molar-refractivity contribution in [3.63, 3.8) is 0 Å². The molecule has 1 aromatic carbocycles. The van der Waals surface area contributed by atoms with Crippen molar-refractivity contribution in [2.75, 3.05) is 0 Å². The van der Waals surface area contributed by atoms with E-state index in [0.717, 1.165) is 18.6 Å². The molecule has 0 aliphatic carbocycles. The molecule has 2 rings (SSSR count). The quantitative estimate of drug-likeness (QED) is 0.773. The van der Waals surface area contributed by atoms with Gasteiger partial charge in [0.1, 0.15) is 5.82 Å². The van der Waals surface area contributed by atoms with Gasteiger partial charge in [0, 0.05) is 25.0 Å². The maximum absolute atomic E-state index is 8.69. The molecule has 1 aromatic heterocycles. The van der Waals surface area contributed by atoms with Gasteiger partial charge in [0.05, 0.1) is 6.26 Å². The number of aliphatic hydroxyl groups excluding tert-OH is 1. The molecule has 0 bridgehead atoms. The number of hydrogen-bond donors (Lipinski definition) is 1. The van der Waals surface area contributed by atoms with Crippen molar-refractivity contribution >= 4 is 6.08 Å². The maximum atomic E-state index is 8.69. The summed E-state index contributed by atoms with van der Waals surface area (Å²) < 4.78 is 1.97. The lowest BCUT2D eigenvalue weighted by Crippen LogP contribution is -2.00. The van der Waals surface area contributed by atoms with Gasteiger partial charge in [0.25, 0.3) is 0 Å². The molecule has 15 heavy (non-hydrogen) atoms. The zero-order chi connectivity index (χ0) is 10.5. The topological polar surface area (TPSA) is 38.1 Å². The zero-order valence-electron chi connectivity index (χ0n) is 8.24. The Bertz CT molecular complexity index is 446. The molecule has 0 saturated carbocycles. The van der Waals surface area contributed by atoms with Gasteiger partial charge < -0.3 is 9.67 Å². The van der Waals surface area contributed by atoms with Crippen LogP contribution >= 0.6 is 0 Å². The van der Waals surface area contributed by atoms with Gasteiger partial charge in [0.15, 0.2) is 0 Å². The summed E-state index contributed by atoms with van der Waals surface area (Å²) in [5.41, 5.74) is 1.21. The number of rotatable bonds is 3. The lowest BCUT2D eigenvalue weighted by Gasteiger charge is -2.04. The Kier molecular flexibility index (Phi) is 2.83. The predicted octanol–water partition coefficient (Wildman–Crippen LogP) is 2.46. The molecule has 0 unspecified atom stereocenters. The molecule has 0 radical (unpaired) electrons. The van der Waals surface area contributed by atoms with Crippen molar-refractivity contribution < 1.29 is 5.11 Å². The zero-order valence-corrected chi connectivity index (χ0v) is 8.24. The Labute approximate surface area is 88.3 Å². The normalized spacial score (nSPS) is 10.9. The van der Waals surface area contributed by atoms with Gasteiger partial charge in [-0.2, -0.15) is 0 Å². The average Bonchev–Trinajstić information content (AvgIpc) is 2.68. The summed E-state index contributed by atoms with van der Waals surface area (Å²) in [7, 11) is 0. The van der Waals surface area contributed by atoms with Gasteiger partial charge >= 0.3 is 0 Å². The first-order chi connectivity index (χ1) is 7.40. The van der Waals surface area contributed by atoms with E-state index in [2.05, 4.69) is 17.1 Å². The van der Waals surface area contributed by atoms with Gasteiger partial charge in [-0.15, -0.1) is 0 Å². The molecule has 0 amide bonds. The summed E-state index contributed by atoms with van der Waals surface area (Å²) in [6.45, 7) is 0.764. The van der Waals surface area contributed by atoms with E-state index in [0.29, 0.717) is 0 Å². The number of nitrogens with zero attached hydrogens (tertiary/aromatic N) is 2. The van der Waals surface area contributed by atoms with E-state index in [1.54, 1.807) is 12.3 Å². The molecule has 0 spiro atoms. The summed E-state index contributed by atoms with van der Waals surface area (Å²) in [5, 5.41) is 8.69. The lowest BCUT2D eigenvalue weighted by molar-refractivity contribution is 0.477. The van der Waals surface area contributed by atoms with Gasteiger partial charge in [-0.1, -0.05) is 30.3 Å². The fourth-order valence-electron chi connectivity index (χ4n) is 1.46. The van der Waals surface area contributed by atoms with Crippen LogP contribution in [0.2, 0.25) is 0 Å². The van der Waals surface area contributed by atoms with Gasteiger partial charge in [-0.3, -0.25) is 0 Å². The smallest absolute Gasteiger partial charge is 0.135 e. The number of benzene rings is 1. The summed E-state index contributed by atoms with van der Waals surface area (Å²) in [6.07, 6.45) is 6.19. The average molecular weight is 200 g/mol. The Morgan fingerprint density at radius 2 is 2.07 bits per heavy atom. The summed E-state index contributed by atoms with van der Waals surface area (Å²) >= 11 is 0. The van der Waals surface area contributed by atoms with Crippen LogP contribution in [-0.4, -0.2) is 14.7 Å². The Hall–Kier alpha value is -2.03. The third-order valence-corrected chi connectivity index (χ3v) is 2.17. The van der Waals surface area contributed by atoms with Crippen molar-refractivity contribution in [3.05, 3.63) is 60.4 Å². The van der Waals surface area contributed by atoms with Crippen molar-refractivity contribution in [2.45, 2.75) is 6.54 Å². The largest absolute Gasteiger partial charge is 0.515 e. The Balaban J connectivity index is 2.21. The minimum atomic E-state index is 0.751.